The maximum atomic E-state index is 6.39. The average Bonchev–Trinajstić information content (AvgIpc) is 2.43. The summed E-state index contributed by atoms with van der Waals surface area (Å²) in [4.78, 5) is 0. The van der Waals surface area contributed by atoms with Gasteiger partial charge in [-0.15, -0.1) is 0 Å². The summed E-state index contributed by atoms with van der Waals surface area (Å²) < 4.78 is 0. The van der Waals surface area contributed by atoms with Crippen LogP contribution in [-0.4, -0.2) is 6.04 Å². The molecule has 1 nitrogen and oxygen atoms in total. The molecule has 2 aromatic carbocycles. The van der Waals surface area contributed by atoms with Crippen LogP contribution >= 0.6 is 0 Å². The summed E-state index contributed by atoms with van der Waals surface area (Å²) in [6, 6.07) is 15.7. The Kier molecular flexibility index (Phi) is 3.55. The average molecular weight is 267 g/mol. The number of benzene rings is 2. The van der Waals surface area contributed by atoms with Gasteiger partial charge in [0.1, 0.15) is 0 Å². The van der Waals surface area contributed by atoms with Crippen molar-refractivity contribution in [2.45, 2.75) is 45.6 Å². The van der Waals surface area contributed by atoms with Crippen LogP contribution in [-0.2, 0) is 6.42 Å². The van der Waals surface area contributed by atoms with Crippen LogP contribution in [0.4, 0.5) is 0 Å². The van der Waals surface area contributed by atoms with Crippen LogP contribution in [0.5, 0.6) is 0 Å². The molecule has 106 valence electrons. The Morgan fingerprint density at radius 2 is 1.85 bits per heavy atom. The molecule has 1 fully saturated rings. The Morgan fingerprint density at radius 3 is 2.70 bits per heavy atom. The quantitative estimate of drug-likeness (QED) is 0.849. The number of fused-ring (bicyclic) bond motifs is 1. The molecule has 1 heteroatoms. The van der Waals surface area contributed by atoms with Crippen molar-refractivity contribution in [1.82, 2.24) is 0 Å². The Labute approximate surface area is 122 Å². The van der Waals surface area contributed by atoms with Crippen LogP contribution in [0.1, 0.15) is 38.7 Å². The summed E-state index contributed by atoms with van der Waals surface area (Å²) in [6.07, 6.45) is 4.80. The fraction of sp³-hybridized carbons (Fsp3) is 0.474. The van der Waals surface area contributed by atoms with Crippen molar-refractivity contribution in [3.63, 3.8) is 0 Å². The summed E-state index contributed by atoms with van der Waals surface area (Å²) in [6.45, 7) is 4.77. The summed E-state index contributed by atoms with van der Waals surface area (Å²) in [7, 11) is 0. The van der Waals surface area contributed by atoms with E-state index in [9.17, 15) is 0 Å². The SMILES string of the molecule is CC1(C)CCC(N)C(Cc2cccc3ccccc23)C1. The normalized spacial score (nSPS) is 25.8. The summed E-state index contributed by atoms with van der Waals surface area (Å²) in [5.41, 5.74) is 8.30. The first-order valence-electron chi connectivity index (χ1n) is 7.77. The van der Waals surface area contributed by atoms with E-state index in [1.54, 1.807) is 0 Å². The zero-order valence-corrected chi connectivity index (χ0v) is 12.6. The second-order valence-corrected chi connectivity index (χ2v) is 7.17. The van der Waals surface area contributed by atoms with Gasteiger partial charge >= 0.3 is 0 Å². The maximum Gasteiger partial charge on any atom is 0.00707 e. The Bertz CT molecular complexity index is 594. The van der Waals surface area contributed by atoms with Gasteiger partial charge in [0.2, 0.25) is 0 Å². The lowest BCUT2D eigenvalue weighted by atomic mass is 9.68. The molecule has 0 saturated heterocycles. The van der Waals surface area contributed by atoms with Crippen molar-refractivity contribution in [3.05, 3.63) is 48.0 Å². The molecule has 20 heavy (non-hydrogen) atoms. The van der Waals surface area contributed by atoms with Gasteiger partial charge in [0, 0.05) is 6.04 Å². The van der Waals surface area contributed by atoms with Crippen molar-refractivity contribution >= 4 is 10.8 Å². The predicted molar refractivity (Wildman–Crippen MR) is 86.7 cm³/mol. The first kappa shape index (κ1) is 13.6. The monoisotopic (exact) mass is 267 g/mol. The standard InChI is InChI=1S/C19H25N/c1-19(2)11-10-18(20)16(13-19)12-15-8-5-7-14-6-3-4-9-17(14)15/h3-9,16,18H,10-13,20H2,1-2H3. The molecule has 0 radical (unpaired) electrons. The van der Waals surface area contributed by atoms with Crippen molar-refractivity contribution in [1.29, 1.82) is 0 Å². The van der Waals surface area contributed by atoms with Crippen LogP contribution < -0.4 is 5.73 Å². The zero-order valence-electron chi connectivity index (χ0n) is 12.6. The molecule has 2 N–H and O–H groups in total. The van der Waals surface area contributed by atoms with Gasteiger partial charge in [-0.1, -0.05) is 56.3 Å². The number of nitrogens with two attached hydrogens (primary N) is 1. The minimum atomic E-state index is 0.363. The van der Waals surface area contributed by atoms with Gasteiger partial charge in [-0.05, 0) is 53.4 Å². The third kappa shape index (κ3) is 2.73. The van der Waals surface area contributed by atoms with Gasteiger partial charge < -0.3 is 5.73 Å². The van der Waals surface area contributed by atoms with Gasteiger partial charge in [0.05, 0.1) is 0 Å². The van der Waals surface area contributed by atoms with E-state index in [0.29, 0.717) is 17.4 Å². The van der Waals surface area contributed by atoms with E-state index in [0.717, 1.165) is 6.42 Å². The van der Waals surface area contributed by atoms with Crippen molar-refractivity contribution in [3.8, 4) is 0 Å². The highest BCUT2D eigenvalue weighted by atomic mass is 14.7. The van der Waals surface area contributed by atoms with E-state index in [1.807, 2.05) is 0 Å². The van der Waals surface area contributed by atoms with Gasteiger partial charge in [-0.2, -0.15) is 0 Å². The Balaban J connectivity index is 1.89. The highest BCUT2D eigenvalue weighted by Gasteiger charge is 2.33. The summed E-state index contributed by atoms with van der Waals surface area (Å²) in [5, 5.41) is 2.74. The fourth-order valence-electron chi connectivity index (χ4n) is 3.73. The smallest absolute Gasteiger partial charge is 0.00707 e. The highest BCUT2D eigenvalue weighted by molar-refractivity contribution is 5.85. The predicted octanol–water partition coefficient (Wildman–Crippen LogP) is 4.54. The van der Waals surface area contributed by atoms with Gasteiger partial charge in [0.15, 0.2) is 0 Å². The molecular weight excluding hydrogens is 242 g/mol. The van der Waals surface area contributed by atoms with Gasteiger partial charge in [-0.3, -0.25) is 0 Å². The Hall–Kier alpha value is -1.34. The fourth-order valence-corrected chi connectivity index (χ4v) is 3.73. The maximum absolute atomic E-state index is 6.39. The molecule has 0 aliphatic heterocycles. The first-order chi connectivity index (χ1) is 9.55. The lowest BCUT2D eigenvalue weighted by molar-refractivity contribution is 0.157. The molecule has 0 heterocycles. The topological polar surface area (TPSA) is 26.0 Å². The number of hydrogen-bond acceptors (Lipinski definition) is 1. The van der Waals surface area contributed by atoms with Crippen molar-refractivity contribution in [2.24, 2.45) is 17.1 Å². The van der Waals surface area contributed by atoms with Gasteiger partial charge in [0.25, 0.3) is 0 Å². The second-order valence-electron chi connectivity index (χ2n) is 7.17. The number of rotatable bonds is 2. The molecule has 1 aliphatic rings. The largest absolute Gasteiger partial charge is 0.327 e. The van der Waals surface area contributed by atoms with E-state index in [2.05, 4.69) is 56.3 Å². The molecule has 0 spiro atoms. The van der Waals surface area contributed by atoms with Crippen LogP contribution in [0.25, 0.3) is 10.8 Å². The van der Waals surface area contributed by atoms with E-state index in [-0.39, 0.29) is 0 Å². The van der Waals surface area contributed by atoms with E-state index in [1.165, 1.54) is 35.6 Å². The van der Waals surface area contributed by atoms with Crippen LogP contribution in [0, 0.1) is 11.3 Å². The second kappa shape index (κ2) is 5.21. The van der Waals surface area contributed by atoms with E-state index >= 15 is 0 Å². The summed E-state index contributed by atoms with van der Waals surface area (Å²) >= 11 is 0. The lowest BCUT2D eigenvalue weighted by Crippen LogP contribution is -2.40. The molecule has 0 amide bonds. The zero-order chi connectivity index (χ0) is 14.2. The molecule has 2 atom stereocenters. The minimum Gasteiger partial charge on any atom is -0.327 e. The Morgan fingerprint density at radius 1 is 1.10 bits per heavy atom. The van der Waals surface area contributed by atoms with Gasteiger partial charge in [-0.25, -0.2) is 0 Å². The third-order valence-electron chi connectivity index (χ3n) is 4.94. The van der Waals surface area contributed by atoms with E-state index in [4.69, 9.17) is 5.73 Å². The molecule has 0 bridgehead atoms. The molecular formula is C19H25N. The van der Waals surface area contributed by atoms with Crippen LogP contribution in [0.15, 0.2) is 42.5 Å². The minimum absolute atomic E-state index is 0.363. The van der Waals surface area contributed by atoms with Crippen molar-refractivity contribution in [2.75, 3.05) is 0 Å². The molecule has 1 saturated carbocycles. The first-order valence-corrected chi connectivity index (χ1v) is 7.77. The highest BCUT2D eigenvalue weighted by Crippen LogP contribution is 2.39. The molecule has 2 aromatic rings. The molecule has 3 rings (SSSR count). The molecule has 1 aliphatic carbocycles. The number of hydrogen-bond donors (Lipinski definition) is 1. The van der Waals surface area contributed by atoms with Crippen LogP contribution in [0.2, 0.25) is 0 Å². The molecule has 2 unspecified atom stereocenters. The third-order valence-corrected chi connectivity index (χ3v) is 4.94. The van der Waals surface area contributed by atoms with E-state index < -0.39 is 0 Å². The van der Waals surface area contributed by atoms with Crippen molar-refractivity contribution < 1.29 is 0 Å². The molecule has 0 aromatic heterocycles. The summed E-state index contributed by atoms with van der Waals surface area (Å²) in [5.74, 6) is 0.615. The lowest BCUT2D eigenvalue weighted by Gasteiger charge is -2.39. The van der Waals surface area contributed by atoms with Crippen LogP contribution in [0.3, 0.4) is 0 Å².